The third-order valence-corrected chi connectivity index (χ3v) is 9.46. The van der Waals surface area contributed by atoms with Gasteiger partial charge in [-0.2, -0.15) is 0 Å². The van der Waals surface area contributed by atoms with Crippen LogP contribution in [0.3, 0.4) is 0 Å². The Labute approximate surface area is 316 Å². The maximum Gasteiger partial charge on any atom is 0.303 e. The predicted molar refractivity (Wildman–Crippen MR) is 208 cm³/mol. The van der Waals surface area contributed by atoms with E-state index in [-0.39, 0.29) is 12.0 Å². The van der Waals surface area contributed by atoms with E-state index in [9.17, 15) is 27.2 Å². The first kappa shape index (κ1) is 42.3. The van der Waals surface area contributed by atoms with E-state index >= 15 is 0 Å². The van der Waals surface area contributed by atoms with Crippen molar-refractivity contribution < 1.29 is 41.7 Å². The van der Waals surface area contributed by atoms with Gasteiger partial charge >= 0.3 is 5.97 Å². The van der Waals surface area contributed by atoms with E-state index in [2.05, 4.69) is 21.7 Å². The number of rotatable bonds is 10. The van der Waals surface area contributed by atoms with Crippen LogP contribution in [0, 0.1) is 12.7 Å². The van der Waals surface area contributed by atoms with E-state index in [1.807, 2.05) is 54.6 Å². The minimum absolute atomic E-state index is 0.00659. The molecule has 0 aliphatic carbocycles. The molecule has 3 N–H and O–H groups in total. The van der Waals surface area contributed by atoms with Crippen molar-refractivity contribution in [3.05, 3.63) is 88.7 Å². The number of likely N-dealkylation sites (tertiary alicyclic amines) is 1. The number of methoxy groups -OCH3 is 2. The van der Waals surface area contributed by atoms with E-state index in [0.717, 1.165) is 71.4 Å². The van der Waals surface area contributed by atoms with Gasteiger partial charge in [-0.25, -0.2) is 17.6 Å². The number of ether oxygens (including phenoxy) is 2. The number of fused-ring (bicyclic) bond motifs is 1. The second-order valence-electron chi connectivity index (χ2n) is 13.3. The number of nitrogens with zero attached hydrogens (tertiary/aromatic N) is 3. The molecule has 54 heavy (non-hydrogen) atoms. The molecule has 0 aromatic heterocycles. The molecule has 0 bridgehead atoms. The molecule has 9 nitrogen and oxygen atoms in total. The molecule has 2 heterocycles. The lowest BCUT2D eigenvalue weighted by molar-refractivity contribution is -0.136. The van der Waals surface area contributed by atoms with Crippen molar-refractivity contribution in [2.24, 2.45) is 5.73 Å². The molecule has 4 aromatic rings. The summed E-state index contributed by atoms with van der Waals surface area (Å²) in [5.41, 5.74) is 10.4. The average Bonchev–Trinajstić information content (AvgIpc) is 3.53. The van der Waals surface area contributed by atoms with Crippen molar-refractivity contribution in [2.45, 2.75) is 45.1 Å². The topological polar surface area (TPSA) is 109 Å². The van der Waals surface area contributed by atoms with Gasteiger partial charge in [0.1, 0.15) is 23.5 Å². The maximum absolute atomic E-state index is 13.9. The molecule has 0 saturated carbocycles. The highest BCUT2D eigenvalue weighted by atomic mass is 31.0. The molecule has 6 rings (SSSR count). The summed E-state index contributed by atoms with van der Waals surface area (Å²) >= 11 is 0. The third kappa shape index (κ3) is 11.3. The van der Waals surface area contributed by atoms with Gasteiger partial charge in [-0.3, -0.25) is 14.5 Å². The Morgan fingerprint density at radius 2 is 1.57 bits per heavy atom. The number of hydrogen-bond donors (Lipinski definition) is 2. The second kappa shape index (κ2) is 19.8. The van der Waals surface area contributed by atoms with Gasteiger partial charge in [-0.05, 0) is 84.1 Å². The third-order valence-electron chi connectivity index (χ3n) is 9.46. The van der Waals surface area contributed by atoms with Crippen molar-refractivity contribution in [1.29, 1.82) is 0 Å². The van der Waals surface area contributed by atoms with Crippen molar-refractivity contribution in [1.82, 2.24) is 9.80 Å². The minimum atomic E-state index is -2.25. The number of aliphatic carboxylic acids is 1. The van der Waals surface area contributed by atoms with Gasteiger partial charge in [0.15, 0.2) is 0 Å². The van der Waals surface area contributed by atoms with Gasteiger partial charge in [-0.15, -0.1) is 0 Å². The number of alkyl halides is 3. The van der Waals surface area contributed by atoms with Crippen molar-refractivity contribution in [2.75, 3.05) is 65.4 Å². The first-order chi connectivity index (χ1) is 25.7. The number of benzene rings is 4. The lowest BCUT2D eigenvalue weighted by Gasteiger charge is -2.34. The number of carboxylic acids is 1. The fraction of sp³-hybridized carbons (Fsp3) is 0.400. The van der Waals surface area contributed by atoms with Crippen molar-refractivity contribution >= 4 is 37.6 Å². The Hall–Kier alpha value is -4.45. The first-order valence-electron chi connectivity index (χ1n) is 17.6. The zero-order valence-corrected chi connectivity index (χ0v) is 32.2. The highest BCUT2D eigenvalue weighted by Crippen LogP contribution is 2.43. The molecule has 2 saturated heterocycles. The van der Waals surface area contributed by atoms with E-state index in [1.165, 1.54) is 15.3 Å². The molecule has 0 radical (unpaired) electrons. The molecule has 292 valence electrons. The lowest BCUT2D eigenvalue weighted by Crippen LogP contribution is -2.44. The zero-order chi connectivity index (χ0) is 39.5. The number of carboxylic acid groups (broad SMARTS) is 1. The number of anilines is 1. The molecule has 14 heteroatoms. The summed E-state index contributed by atoms with van der Waals surface area (Å²) in [7, 11) is 6.67. The number of primary amides is 1. The summed E-state index contributed by atoms with van der Waals surface area (Å²) in [6.45, 7) is 7.20. The summed E-state index contributed by atoms with van der Waals surface area (Å²) in [6.07, 6.45) is -1.88. The van der Waals surface area contributed by atoms with Crippen LogP contribution in [-0.4, -0.2) is 99.7 Å². The Balaban J connectivity index is 0.000000248. The Morgan fingerprint density at radius 1 is 0.963 bits per heavy atom. The number of carbonyl (C=O) groups is 2. The molecule has 2 aliphatic heterocycles. The fourth-order valence-electron chi connectivity index (χ4n) is 6.85. The van der Waals surface area contributed by atoms with Crippen LogP contribution in [0.25, 0.3) is 21.9 Å². The van der Waals surface area contributed by atoms with Gasteiger partial charge in [0.2, 0.25) is 6.17 Å². The molecule has 2 unspecified atom stereocenters. The van der Waals surface area contributed by atoms with Gasteiger partial charge < -0.3 is 30.1 Å². The molecule has 2 aliphatic rings. The van der Waals surface area contributed by atoms with Crippen LogP contribution in [-0.2, 0) is 17.8 Å². The smallest absolute Gasteiger partial charge is 0.303 e. The number of piperazine rings is 1. The zero-order valence-electron chi connectivity index (χ0n) is 31.1. The van der Waals surface area contributed by atoms with Crippen molar-refractivity contribution in [3.63, 3.8) is 0 Å². The largest absolute Gasteiger partial charge is 0.496 e. The Bertz CT molecular complexity index is 1860. The van der Waals surface area contributed by atoms with Crippen LogP contribution in [0.2, 0.25) is 0 Å². The summed E-state index contributed by atoms with van der Waals surface area (Å²) in [4.78, 5) is 28.7. The van der Waals surface area contributed by atoms with Gasteiger partial charge in [0.25, 0.3) is 5.91 Å². The van der Waals surface area contributed by atoms with E-state index in [0.29, 0.717) is 43.0 Å². The molecule has 2 fully saturated rings. The Kier molecular flexibility index (Phi) is 15.5. The highest BCUT2D eigenvalue weighted by Gasteiger charge is 2.24. The van der Waals surface area contributed by atoms with Gasteiger partial charge in [0.05, 0.1) is 25.3 Å². The summed E-state index contributed by atoms with van der Waals surface area (Å²) in [5, 5.41) is 11.1. The van der Waals surface area contributed by atoms with Crippen LogP contribution in [0.5, 0.6) is 11.5 Å². The number of hydrogen-bond acceptors (Lipinski definition) is 7. The van der Waals surface area contributed by atoms with E-state index in [4.69, 9.17) is 20.3 Å². The van der Waals surface area contributed by atoms with Crippen LogP contribution >= 0.6 is 9.24 Å². The average molecular weight is 773 g/mol. The standard InChI is InChI=1S/C26H28FNO4.C13H18FN3O.CH3F2P/c1-31-23-13-17(15-28-12-11-19(27)16-28)14-24(32-2)26(23)22-8-4-6-20-18(9-10-25(29)30)5-3-7-21(20)22;1-9-7-10(8-11(14)12(9)13(15)18)17-5-3-16(2)4-6-17;2-1(3)4/h3-8,13-14,19H,9-12,15-16H2,1-2H3,(H,29,30);7-8H,3-6H2,1-2H3,(H2,15,18);1H,4H2. The number of nitrogens with two attached hydrogens (primary N) is 1. The minimum Gasteiger partial charge on any atom is -0.496 e. The number of carbonyl (C=O) groups excluding carboxylic acids is 1. The van der Waals surface area contributed by atoms with Gasteiger partial charge in [0, 0.05) is 57.9 Å². The van der Waals surface area contributed by atoms with Crippen molar-refractivity contribution in [3.8, 4) is 22.6 Å². The Morgan fingerprint density at radius 3 is 2.11 bits per heavy atom. The van der Waals surface area contributed by atoms with Gasteiger partial charge in [-0.1, -0.05) is 45.6 Å². The highest BCUT2D eigenvalue weighted by molar-refractivity contribution is 7.16. The summed E-state index contributed by atoms with van der Waals surface area (Å²) in [6, 6.07) is 19.2. The monoisotopic (exact) mass is 772 g/mol. The molecular weight excluding hydrogens is 723 g/mol. The number of likely N-dealkylation sites (N-methyl/N-ethyl adjacent to an activating group) is 1. The van der Waals surface area contributed by atoms with Crippen LogP contribution in [0.1, 0.15) is 39.9 Å². The normalized spacial score (nSPS) is 16.0. The maximum atomic E-state index is 13.9. The summed E-state index contributed by atoms with van der Waals surface area (Å²) < 4.78 is 59.6. The van der Waals surface area contributed by atoms with E-state index < -0.39 is 30.0 Å². The fourth-order valence-corrected chi connectivity index (χ4v) is 6.85. The lowest BCUT2D eigenvalue weighted by atomic mass is 9.92. The molecule has 4 aromatic carbocycles. The molecular formula is C40H49F4N4O5P. The van der Waals surface area contributed by atoms with Crippen LogP contribution in [0.4, 0.5) is 23.2 Å². The SMILES string of the molecule is COc1cc(CN2CCC(F)C2)cc(OC)c1-c1cccc2c(CCC(=O)O)cccc12.Cc1cc(N2CCN(C)CC2)cc(F)c1C(N)=O.FC(F)P. The first-order valence-corrected chi connectivity index (χ1v) is 18.3. The molecule has 0 spiro atoms. The number of amides is 1. The second-order valence-corrected chi connectivity index (χ2v) is 13.8. The van der Waals surface area contributed by atoms with E-state index in [1.54, 1.807) is 21.1 Å². The number of aryl methyl sites for hydroxylation is 2. The quantitative estimate of drug-likeness (QED) is 0.129. The van der Waals surface area contributed by atoms with Crippen LogP contribution in [0.15, 0.2) is 60.7 Å². The van der Waals surface area contributed by atoms with Crippen LogP contribution < -0.4 is 20.1 Å². The predicted octanol–water partition coefficient (Wildman–Crippen LogP) is 7.15. The molecule has 2 atom stereocenters. The summed E-state index contributed by atoms with van der Waals surface area (Å²) in [5.74, 6) is -0.668. The number of halogens is 4. The molecule has 1 amide bonds.